The number of rotatable bonds is 6. The quantitative estimate of drug-likeness (QED) is 0.694. The van der Waals surface area contributed by atoms with E-state index >= 15 is 0 Å². The molecule has 0 unspecified atom stereocenters. The molecule has 5 heteroatoms. The van der Waals surface area contributed by atoms with E-state index in [2.05, 4.69) is 35.6 Å². The van der Waals surface area contributed by atoms with Gasteiger partial charge in [-0.25, -0.2) is 4.98 Å². The van der Waals surface area contributed by atoms with E-state index in [4.69, 9.17) is 4.74 Å². The lowest BCUT2D eigenvalue weighted by Gasteiger charge is -2.37. The van der Waals surface area contributed by atoms with E-state index in [1.807, 2.05) is 12.3 Å². The number of anilines is 1. The van der Waals surface area contributed by atoms with E-state index < -0.39 is 0 Å². The molecule has 5 nitrogen and oxygen atoms in total. The Bertz CT molecular complexity index is 726. The molecule has 3 aliphatic rings. The molecule has 1 aromatic rings. The van der Waals surface area contributed by atoms with Crippen LogP contribution in [0.2, 0.25) is 0 Å². The van der Waals surface area contributed by atoms with Crippen molar-refractivity contribution in [2.24, 2.45) is 17.3 Å². The third kappa shape index (κ3) is 5.16. The second-order valence-corrected chi connectivity index (χ2v) is 10.6. The van der Waals surface area contributed by atoms with E-state index in [0.717, 1.165) is 63.1 Å². The summed E-state index contributed by atoms with van der Waals surface area (Å²) in [4.78, 5) is 22.1. The Balaban J connectivity index is 1.17. The molecule has 0 amide bonds. The van der Waals surface area contributed by atoms with Crippen LogP contribution in [0.25, 0.3) is 0 Å². The summed E-state index contributed by atoms with van der Waals surface area (Å²) >= 11 is 0. The number of nitrogens with zero attached hydrogens (tertiary/aromatic N) is 3. The van der Waals surface area contributed by atoms with E-state index in [1.54, 1.807) is 0 Å². The molecule has 4 rings (SSSR count). The fourth-order valence-corrected chi connectivity index (χ4v) is 5.21. The zero-order valence-corrected chi connectivity index (χ0v) is 19.2. The largest absolute Gasteiger partial charge is 0.493 e. The Kier molecular flexibility index (Phi) is 6.66. The molecule has 0 atom stereocenters. The van der Waals surface area contributed by atoms with Crippen molar-refractivity contribution < 1.29 is 9.53 Å². The van der Waals surface area contributed by atoms with Gasteiger partial charge in [0.2, 0.25) is 0 Å². The Labute approximate surface area is 182 Å². The molecule has 0 spiro atoms. The van der Waals surface area contributed by atoms with E-state index in [-0.39, 0.29) is 5.41 Å². The Morgan fingerprint density at radius 2 is 1.80 bits per heavy atom. The predicted molar refractivity (Wildman–Crippen MR) is 121 cm³/mol. The van der Waals surface area contributed by atoms with E-state index in [1.165, 1.54) is 44.2 Å². The van der Waals surface area contributed by atoms with Gasteiger partial charge in [0.15, 0.2) is 0 Å². The highest BCUT2D eigenvalue weighted by Gasteiger charge is 2.29. The van der Waals surface area contributed by atoms with Gasteiger partial charge in [0.05, 0.1) is 6.61 Å². The van der Waals surface area contributed by atoms with Crippen LogP contribution in [0.5, 0.6) is 5.75 Å². The van der Waals surface area contributed by atoms with Crippen LogP contribution in [0.4, 0.5) is 5.82 Å². The average Bonchev–Trinajstić information content (AvgIpc) is 3.22. The van der Waals surface area contributed by atoms with Gasteiger partial charge in [-0.15, -0.1) is 0 Å². The average molecular weight is 414 g/mol. The Morgan fingerprint density at radius 3 is 2.50 bits per heavy atom. The normalized spacial score (nSPS) is 25.1. The molecular formula is C25H39N3O2. The van der Waals surface area contributed by atoms with Crippen molar-refractivity contribution in [2.75, 3.05) is 44.2 Å². The van der Waals surface area contributed by atoms with Gasteiger partial charge in [0.25, 0.3) is 0 Å². The van der Waals surface area contributed by atoms with Crippen LogP contribution in [0.1, 0.15) is 64.9 Å². The maximum atomic E-state index is 12.3. The maximum Gasteiger partial charge on any atom is 0.138 e. The minimum absolute atomic E-state index is 0.179. The van der Waals surface area contributed by atoms with Crippen LogP contribution in [-0.4, -0.2) is 55.0 Å². The van der Waals surface area contributed by atoms with Gasteiger partial charge in [-0.3, -0.25) is 9.69 Å². The number of pyridine rings is 1. The van der Waals surface area contributed by atoms with Crippen LogP contribution >= 0.6 is 0 Å². The first kappa shape index (κ1) is 21.6. The molecule has 0 aromatic carbocycles. The molecule has 3 heterocycles. The number of hydrogen-bond donors (Lipinski definition) is 0. The van der Waals surface area contributed by atoms with Gasteiger partial charge in [-0.2, -0.15) is 0 Å². The summed E-state index contributed by atoms with van der Waals surface area (Å²) in [5, 5.41) is 0. The molecule has 1 aliphatic carbocycles. The summed E-state index contributed by atoms with van der Waals surface area (Å²) in [6.07, 6.45) is 10.1. The lowest BCUT2D eigenvalue weighted by Crippen LogP contribution is -2.47. The number of carbonyl (C=O) groups excluding carboxylic acids is 1. The topological polar surface area (TPSA) is 45.7 Å². The summed E-state index contributed by atoms with van der Waals surface area (Å²) in [7, 11) is 0. The molecule has 1 saturated heterocycles. The van der Waals surface area contributed by atoms with E-state index in [0.29, 0.717) is 11.7 Å². The number of Topliss-reactive ketones (excluding diaryl/α,β-unsaturated/α-hetero) is 1. The number of carbonyl (C=O) groups is 1. The molecule has 166 valence electrons. The highest BCUT2D eigenvalue weighted by Crippen LogP contribution is 2.35. The molecule has 2 aliphatic heterocycles. The second-order valence-electron chi connectivity index (χ2n) is 10.6. The van der Waals surface area contributed by atoms with Gasteiger partial charge < -0.3 is 9.64 Å². The highest BCUT2D eigenvalue weighted by molar-refractivity contribution is 5.83. The van der Waals surface area contributed by atoms with E-state index in [9.17, 15) is 4.79 Å². The van der Waals surface area contributed by atoms with Crippen molar-refractivity contribution in [3.8, 4) is 5.75 Å². The second kappa shape index (κ2) is 9.25. The summed E-state index contributed by atoms with van der Waals surface area (Å²) in [6, 6.07) is 2.00. The first-order chi connectivity index (χ1) is 14.4. The number of aromatic nitrogens is 1. The fourth-order valence-electron chi connectivity index (χ4n) is 5.21. The van der Waals surface area contributed by atoms with Gasteiger partial charge in [-0.05, 0) is 43.7 Å². The van der Waals surface area contributed by atoms with Gasteiger partial charge in [0.1, 0.15) is 17.4 Å². The van der Waals surface area contributed by atoms with Crippen molar-refractivity contribution in [1.29, 1.82) is 0 Å². The molecule has 1 saturated carbocycles. The number of piperazine rings is 1. The van der Waals surface area contributed by atoms with Crippen LogP contribution in [0.15, 0.2) is 12.3 Å². The molecule has 0 N–H and O–H groups in total. The number of ether oxygens (including phenoxy) is 1. The SMILES string of the molecule is CC(C)(C)C(=O)CC1CCC(CCN2CCN(c3nccc4c3CCO4)CC2)CC1. The van der Waals surface area contributed by atoms with Gasteiger partial charge in [-0.1, -0.05) is 33.6 Å². The van der Waals surface area contributed by atoms with Gasteiger partial charge in [0, 0.05) is 56.2 Å². The standard InChI is InChI=1S/C25H39N3O2/c1-25(2,3)23(29)18-20-6-4-19(5-7-20)9-12-27-13-15-28(16-14-27)24-21-10-17-30-22(21)8-11-26-24/h8,11,19-20H,4-7,9-10,12-18H2,1-3H3. The highest BCUT2D eigenvalue weighted by atomic mass is 16.5. The minimum atomic E-state index is -0.179. The molecule has 30 heavy (non-hydrogen) atoms. The first-order valence-corrected chi connectivity index (χ1v) is 12.0. The van der Waals surface area contributed by atoms with Crippen LogP contribution in [-0.2, 0) is 11.2 Å². The van der Waals surface area contributed by atoms with Crippen LogP contribution in [0, 0.1) is 17.3 Å². The smallest absolute Gasteiger partial charge is 0.138 e. The molecule has 0 radical (unpaired) electrons. The van der Waals surface area contributed by atoms with Crippen molar-refractivity contribution in [3.05, 3.63) is 17.8 Å². The monoisotopic (exact) mass is 413 g/mol. The molecule has 1 aromatic heterocycles. The Hall–Kier alpha value is -1.62. The summed E-state index contributed by atoms with van der Waals surface area (Å²) in [5.74, 6) is 4.09. The summed E-state index contributed by atoms with van der Waals surface area (Å²) in [6.45, 7) is 12.5. The number of fused-ring (bicyclic) bond motifs is 1. The summed E-state index contributed by atoms with van der Waals surface area (Å²) in [5.41, 5.74) is 1.12. The number of hydrogen-bond acceptors (Lipinski definition) is 5. The zero-order chi connectivity index (χ0) is 21.1. The third-order valence-corrected chi connectivity index (χ3v) is 7.40. The van der Waals surface area contributed by atoms with Crippen LogP contribution < -0.4 is 9.64 Å². The molecule has 2 fully saturated rings. The maximum absolute atomic E-state index is 12.3. The van der Waals surface area contributed by atoms with Gasteiger partial charge >= 0.3 is 0 Å². The molecule has 0 bridgehead atoms. The number of ketones is 1. The fraction of sp³-hybridized carbons (Fsp3) is 0.760. The zero-order valence-electron chi connectivity index (χ0n) is 19.2. The van der Waals surface area contributed by atoms with Crippen molar-refractivity contribution in [1.82, 2.24) is 9.88 Å². The Morgan fingerprint density at radius 1 is 1.10 bits per heavy atom. The lowest BCUT2D eigenvalue weighted by atomic mass is 9.76. The van der Waals surface area contributed by atoms with Crippen molar-refractivity contribution in [3.63, 3.8) is 0 Å². The minimum Gasteiger partial charge on any atom is -0.493 e. The first-order valence-electron chi connectivity index (χ1n) is 12.0. The predicted octanol–water partition coefficient (Wildman–Crippen LogP) is 4.34. The third-order valence-electron chi connectivity index (χ3n) is 7.40. The van der Waals surface area contributed by atoms with Crippen molar-refractivity contribution in [2.45, 2.75) is 65.7 Å². The van der Waals surface area contributed by atoms with Crippen molar-refractivity contribution >= 4 is 11.6 Å². The lowest BCUT2D eigenvalue weighted by molar-refractivity contribution is -0.127. The molecular weight excluding hydrogens is 374 g/mol. The summed E-state index contributed by atoms with van der Waals surface area (Å²) < 4.78 is 5.71. The van der Waals surface area contributed by atoms with Crippen LogP contribution in [0.3, 0.4) is 0 Å².